The van der Waals surface area contributed by atoms with Crippen LogP contribution in [-0.2, 0) is 6.42 Å². The molecule has 0 amide bonds. The normalized spacial score (nSPS) is 13.9. The first-order chi connectivity index (χ1) is 12.1. The molecule has 1 aliphatic rings. The second-order valence-electron chi connectivity index (χ2n) is 6.30. The van der Waals surface area contributed by atoms with Crippen LogP contribution in [0.15, 0.2) is 41.1 Å². The first-order valence-electron chi connectivity index (χ1n) is 8.37. The van der Waals surface area contributed by atoms with Gasteiger partial charge in [-0.3, -0.25) is 4.98 Å². The van der Waals surface area contributed by atoms with Gasteiger partial charge in [-0.2, -0.15) is 5.10 Å². The molecule has 128 valence electrons. The molecule has 0 saturated heterocycles. The Hall–Kier alpha value is -1.85. The number of pyridine rings is 1. The van der Waals surface area contributed by atoms with Crippen molar-refractivity contribution in [1.29, 1.82) is 0 Å². The molecule has 4 nitrogen and oxygen atoms in total. The van der Waals surface area contributed by atoms with Gasteiger partial charge in [0.2, 0.25) is 0 Å². The van der Waals surface area contributed by atoms with Gasteiger partial charge < -0.3 is 5.32 Å². The van der Waals surface area contributed by atoms with Crippen molar-refractivity contribution >= 4 is 33.3 Å². The van der Waals surface area contributed by atoms with E-state index in [9.17, 15) is 0 Å². The number of aryl methyl sites for hydroxylation is 1. The minimum atomic E-state index is 0.751. The lowest BCUT2D eigenvalue weighted by atomic mass is 10.1. The zero-order valence-electron chi connectivity index (χ0n) is 13.9. The van der Waals surface area contributed by atoms with E-state index in [0.29, 0.717) is 0 Å². The first-order valence-corrected chi connectivity index (χ1v) is 9.54. The monoisotopic (exact) mass is 416 g/mol. The average Bonchev–Trinajstić information content (AvgIpc) is 2.79. The predicted molar refractivity (Wildman–Crippen MR) is 106 cm³/mol. The van der Waals surface area contributed by atoms with Crippen molar-refractivity contribution in [2.24, 2.45) is 0 Å². The SMILES string of the molecule is Cc1ccc(-n2nc(-c3cncc(Br)c3)c3c2NCCCC3)cc1Cl. The maximum Gasteiger partial charge on any atom is 0.133 e. The molecule has 1 aliphatic heterocycles. The van der Waals surface area contributed by atoms with Gasteiger partial charge in [0, 0.05) is 39.6 Å². The summed E-state index contributed by atoms with van der Waals surface area (Å²) >= 11 is 9.86. The maximum atomic E-state index is 6.35. The topological polar surface area (TPSA) is 42.7 Å². The molecular weight excluding hydrogens is 400 g/mol. The minimum Gasteiger partial charge on any atom is -0.370 e. The van der Waals surface area contributed by atoms with Gasteiger partial charge in [-0.25, -0.2) is 4.68 Å². The van der Waals surface area contributed by atoms with E-state index in [4.69, 9.17) is 16.7 Å². The highest BCUT2D eigenvalue weighted by Crippen LogP contribution is 2.35. The molecule has 4 rings (SSSR count). The predicted octanol–water partition coefficient (Wildman–Crippen LogP) is 5.41. The Labute approximate surface area is 160 Å². The summed E-state index contributed by atoms with van der Waals surface area (Å²) in [6, 6.07) is 8.12. The van der Waals surface area contributed by atoms with Gasteiger partial charge in [-0.05, 0) is 65.9 Å². The number of benzene rings is 1. The molecule has 3 heterocycles. The van der Waals surface area contributed by atoms with Crippen LogP contribution in [0.2, 0.25) is 5.02 Å². The Balaban J connectivity index is 1.91. The van der Waals surface area contributed by atoms with Crippen molar-refractivity contribution in [2.75, 3.05) is 11.9 Å². The van der Waals surface area contributed by atoms with E-state index in [1.54, 1.807) is 6.20 Å². The number of anilines is 1. The largest absolute Gasteiger partial charge is 0.370 e. The molecule has 1 aromatic carbocycles. The summed E-state index contributed by atoms with van der Waals surface area (Å²) in [7, 11) is 0. The third kappa shape index (κ3) is 3.18. The number of rotatable bonds is 2. The van der Waals surface area contributed by atoms with E-state index in [-0.39, 0.29) is 0 Å². The number of halogens is 2. The number of fused-ring (bicyclic) bond motifs is 1. The summed E-state index contributed by atoms with van der Waals surface area (Å²) in [6.45, 7) is 2.96. The molecule has 0 aliphatic carbocycles. The lowest BCUT2D eigenvalue weighted by Crippen LogP contribution is -2.07. The molecule has 0 fully saturated rings. The summed E-state index contributed by atoms with van der Waals surface area (Å²) in [5, 5.41) is 9.23. The van der Waals surface area contributed by atoms with E-state index < -0.39 is 0 Å². The highest BCUT2D eigenvalue weighted by Gasteiger charge is 2.22. The van der Waals surface area contributed by atoms with Gasteiger partial charge >= 0.3 is 0 Å². The standard InChI is InChI=1S/C19H18BrClN4/c1-12-5-6-15(9-17(12)21)25-19-16(4-2-3-7-23-19)18(24-25)13-8-14(20)11-22-10-13/h5-6,8-11,23H,2-4,7H2,1H3. The van der Waals surface area contributed by atoms with Gasteiger partial charge in [0.05, 0.1) is 11.4 Å². The van der Waals surface area contributed by atoms with Crippen LogP contribution in [0, 0.1) is 6.92 Å². The van der Waals surface area contributed by atoms with Crippen molar-refractivity contribution in [2.45, 2.75) is 26.2 Å². The van der Waals surface area contributed by atoms with Gasteiger partial charge in [-0.15, -0.1) is 0 Å². The number of hydrogen-bond acceptors (Lipinski definition) is 3. The molecule has 6 heteroatoms. The molecule has 0 unspecified atom stereocenters. The second kappa shape index (κ2) is 6.81. The number of nitrogens with one attached hydrogen (secondary N) is 1. The number of aromatic nitrogens is 3. The van der Waals surface area contributed by atoms with E-state index in [0.717, 1.165) is 63.6 Å². The highest BCUT2D eigenvalue weighted by molar-refractivity contribution is 9.10. The molecule has 25 heavy (non-hydrogen) atoms. The van der Waals surface area contributed by atoms with Gasteiger partial charge in [-0.1, -0.05) is 17.7 Å². The minimum absolute atomic E-state index is 0.751. The maximum absolute atomic E-state index is 6.35. The third-order valence-corrected chi connectivity index (χ3v) is 5.35. The van der Waals surface area contributed by atoms with E-state index in [1.807, 2.05) is 29.9 Å². The summed E-state index contributed by atoms with van der Waals surface area (Å²) in [4.78, 5) is 4.30. The first kappa shape index (κ1) is 16.6. The lowest BCUT2D eigenvalue weighted by molar-refractivity contribution is 0.780. The van der Waals surface area contributed by atoms with Crippen molar-refractivity contribution in [3.8, 4) is 16.9 Å². The average molecular weight is 418 g/mol. The molecule has 0 saturated carbocycles. The van der Waals surface area contributed by atoms with Crippen LogP contribution < -0.4 is 5.32 Å². The molecule has 0 atom stereocenters. The van der Waals surface area contributed by atoms with Crippen LogP contribution in [0.3, 0.4) is 0 Å². The fourth-order valence-corrected chi connectivity index (χ4v) is 3.72. The van der Waals surface area contributed by atoms with Crippen molar-refractivity contribution < 1.29 is 0 Å². The molecular formula is C19H18BrClN4. The smallest absolute Gasteiger partial charge is 0.133 e. The van der Waals surface area contributed by atoms with E-state index in [2.05, 4.69) is 38.4 Å². The van der Waals surface area contributed by atoms with Crippen LogP contribution in [0.25, 0.3) is 16.9 Å². The van der Waals surface area contributed by atoms with Gasteiger partial charge in [0.15, 0.2) is 0 Å². The zero-order valence-corrected chi connectivity index (χ0v) is 16.2. The number of hydrogen-bond donors (Lipinski definition) is 1. The van der Waals surface area contributed by atoms with E-state index >= 15 is 0 Å². The summed E-state index contributed by atoms with van der Waals surface area (Å²) in [5.41, 5.74) is 5.28. The van der Waals surface area contributed by atoms with Gasteiger partial charge in [0.25, 0.3) is 0 Å². The zero-order chi connectivity index (χ0) is 17.4. The molecule has 0 spiro atoms. The molecule has 0 radical (unpaired) electrons. The van der Waals surface area contributed by atoms with Crippen molar-refractivity contribution in [3.63, 3.8) is 0 Å². The summed E-state index contributed by atoms with van der Waals surface area (Å²) in [6.07, 6.45) is 6.96. The van der Waals surface area contributed by atoms with Crippen molar-refractivity contribution in [1.82, 2.24) is 14.8 Å². The molecule has 2 aromatic heterocycles. The second-order valence-corrected chi connectivity index (χ2v) is 7.62. The lowest BCUT2D eigenvalue weighted by Gasteiger charge is -2.10. The van der Waals surface area contributed by atoms with Crippen LogP contribution >= 0.6 is 27.5 Å². The van der Waals surface area contributed by atoms with Crippen LogP contribution in [0.1, 0.15) is 24.0 Å². The Morgan fingerprint density at radius 3 is 2.88 bits per heavy atom. The highest BCUT2D eigenvalue weighted by atomic mass is 79.9. The molecule has 0 bridgehead atoms. The Bertz CT molecular complexity index is 935. The van der Waals surface area contributed by atoms with E-state index in [1.165, 1.54) is 5.56 Å². The Morgan fingerprint density at radius 1 is 1.20 bits per heavy atom. The molecule has 1 N–H and O–H groups in total. The summed E-state index contributed by atoms with van der Waals surface area (Å²) < 4.78 is 2.93. The van der Waals surface area contributed by atoms with Crippen LogP contribution in [-0.4, -0.2) is 21.3 Å². The van der Waals surface area contributed by atoms with Crippen LogP contribution in [0.4, 0.5) is 5.82 Å². The third-order valence-electron chi connectivity index (χ3n) is 4.51. The fraction of sp³-hybridized carbons (Fsp3) is 0.263. The molecule has 3 aromatic rings. The van der Waals surface area contributed by atoms with Crippen molar-refractivity contribution in [3.05, 3.63) is 57.3 Å². The van der Waals surface area contributed by atoms with Crippen LogP contribution in [0.5, 0.6) is 0 Å². The fourth-order valence-electron chi connectivity index (χ4n) is 3.18. The quantitative estimate of drug-likeness (QED) is 0.606. The van der Waals surface area contributed by atoms with Gasteiger partial charge in [0.1, 0.15) is 5.82 Å². The Kier molecular flexibility index (Phi) is 4.52. The Morgan fingerprint density at radius 2 is 2.08 bits per heavy atom. The summed E-state index contributed by atoms with van der Waals surface area (Å²) in [5.74, 6) is 1.06. The number of nitrogens with zero attached hydrogens (tertiary/aromatic N) is 3.